The van der Waals surface area contributed by atoms with Crippen LogP contribution < -0.4 is 14.8 Å². The molecular formula is C21H16BrClN6O5. The predicted octanol–water partition coefficient (Wildman–Crippen LogP) is 4.73. The number of ether oxygens (including phenoxy) is 2. The van der Waals surface area contributed by atoms with Crippen LogP contribution in [0.25, 0.3) is 0 Å². The molecule has 0 radical (unpaired) electrons. The molecule has 0 spiro atoms. The molecule has 174 valence electrons. The molecule has 2 heterocycles. The number of nitro groups is 1. The second-order valence-electron chi connectivity index (χ2n) is 6.84. The fraction of sp³-hybridized carbons (Fsp3) is 0.0952. The van der Waals surface area contributed by atoms with Gasteiger partial charge in [-0.1, -0.05) is 27.5 Å². The number of rotatable bonds is 9. The van der Waals surface area contributed by atoms with Gasteiger partial charge in [0.25, 0.3) is 11.6 Å². The molecule has 4 rings (SSSR count). The Bertz CT molecular complexity index is 1320. The average molecular weight is 548 g/mol. The van der Waals surface area contributed by atoms with Crippen LogP contribution in [0.3, 0.4) is 0 Å². The van der Waals surface area contributed by atoms with Gasteiger partial charge in [0.1, 0.15) is 11.5 Å². The summed E-state index contributed by atoms with van der Waals surface area (Å²) >= 11 is 9.37. The van der Waals surface area contributed by atoms with Gasteiger partial charge < -0.3 is 14.8 Å². The van der Waals surface area contributed by atoms with Gasteiger partial charge in [0, 0.05) is 22.8 Å². The largest absolute Gasteiger partial charge is 0.471 e. The zero-order valence-electron chi connectivity index (χ0n) is 17.3. The smallest absolute Gasteiger partial charge is 0.276 e. The van der Waals surface area contributed by atoms with E-state index in [-0.39, 0.29) is 35.6 Å². The van der Waals surface area contributed by atoms with Gasteiger partial charge in [-0.2, -0.15) is 10.2 Å². The first kappa shape index (κ1) is 23.3. The molecule has 0 aliphatic heterocycles. The van der Waals surface area contributed by atoms with Crippen LogP contribution >= 0.6 is 27.5 Å². The molecular weight excluding hydrogens is 532 g/mol. The Kier molecular flexibility index (Phi) is 7.09. The molecule has 1 amide bonds. The van der Waals surface area contributed by atoms with E-state index in [1.807, 2.05) is 24.3 Å². The Morgan fingerprint density at radius 2 is 1.88 bits per heavy atom. The summed E-state index contributed by atoms with van der Waals surface area (Å²) in [7, 11) is 0. The molecule has 0 atom stereocenters. The van der Waals surface area contributed by atoms with Crippen molar-refractivity contribution in [3.8, 4) is 11.5 Å². The Morgan fingerprint density at radius 1 is 1.12 bits per heavy atom. The second-order valence-corrected chi connectivity index (χ2v) is 8.16. The molecule has 0 unspecified atom stereocenters. The van der Waals surface area contributed by atoms with E-state index in [2.05, 4.69) is 31.4 Å². The Balaban J connectivity index is 1.29. The van der Waals surface area contributed by atoms with Crippen molar-refractivity contribution in [2.45, 2.75) is 13.5 Å². The van der Waals surface area contributed by atoms with Gasteiger partial charge in [-0.25, -0.2) is 9.36 Å². The number of benzene rings is 2. The van der Waals surface area contributed by atoms with Crippen LogP contribution in [0.5, 0.6) is 11.5 Å². The highest BCUT2D eigenvalue weighted by atomic mass is 79.9. The lowest BCUT2D eigenvalue weighted by Gasteiger charge is -2.07. The van der Waals surface area contributed by atoms with Gasteiger partial charge in [0.05, 0.1) is 28.0 Å². The molecule has 2 aromatic heterocycles. The third-order valence-electron chi connectivity index (χ3n) is 4.42. The number of halogens is 2. The van der Waals surface area contributed by atoms with Gasteiger partial charge in [-0.3, -0.25) is 14.9 Å². The molecule has 1 N–H and O–H groups in total. The summed E-state index contributed by atoms with van der Waals surface area (Å²) in [6.45, 7) is 0.130. The van der Waals surface area contributed by atoms with Crippen molar-refractivity contribution >= 4 is 44.8 Å². The topological polar surface area (TPSA) is 126 Å². The maximum absolute atomic E-state index is 12.5. The number of amides is 1. The van der Waals surface area contributed by atoms with Crippen molar-refractivity contribution in [2.75, 3.05) is 5.32 Å². The van der Waals surface area contributed by atoms with Crippen molar-refractivity contribution in [3.63, 3.8) is 0 Å². The minimum atomic E-state index is -0.548. The van der Waals surface area contributed by atoms with Crippen LogP contribution in [0.15, 0.2) is 71.6 Å². The number of hydrogen-bond acceptors (Lipinski definition) is 7. The molecule has 0 bridgehead atoms. The maximum Gasteiger partial charge on any atom is 0.276 e. The van der Waals surface area contributed by atoms with Gasteiger partial charge in [0.2, 0.25) is 0 Å². The summed E-state index contributed by atoms with van der Waals surface area (Å²) in [6.07, 6.45) is 4.69. The van der Waals surface area contributed by atoms with E-state index >= 15 is 0 Å². The van der Waals surface area contributed by atoms with E-state index in [1.54, 1.807) is 12.4 Å². The average Bonchev–Trinajstić information content (AvgIpc) is 3.47. The van der Waals surface area contributed by atoms with Crippen molar-refractivity contribution < 1.29 is 19.2 Å². The van der Waals surface area contributed by atoms with Crippen LogP contribution in [0.2, 0.25) is 5.02 Å². The van der Waals surface area contributed by atoms with Gasteiger partial charge in [0.15, 0.2) is 19.2 Å². The van der Waals surface area contributed by atoms with E-state index in [1.165, 1.54) is 39.8 Å². The van der Waals surface area contributed by atoms with E-state index in [9.17, 15) is 14.9 Å². The number of aromatic nitrogens is 4. The number of nitrogens with zero attached hydrogens (tertiary/aromatic N) is 5. The Hall–Kier alpha value is -3.90. The molecule has 0 fully saturated rings. The molecule has 13 heteroatoms. The maximum atomic E-state index is 12.5. The van der Waals surface area contributed by atoms with Crippen molar-refractivity contribution in [1.82, 2.24) is 19.6 Å². The molecule has 11 nitrogen and oxygen atoms in total. The van der Waals surface area contributed by atoms with Crippen molar-refractivity contribution in [1.29, 1.82) is 0 Å². The molecule has 0 saturated heterocycles. The highest BCUT2D eigenvalue weighted by Gasteiger charge is 2.13. The zero-order valence-corrected chi connectivity index (χ0v) is 19.6. The SMILES string of the molecule is O=C(Nc1cnn(COc2ccc(Br)cc2)c1)c1ccn(COc2ccc([N+](=O)[O-])cc2Cl)n1. The summed E-state index contributed by atoms with van der Waals surface area (Å²) in [4.78, 5) is 22.7. The number of nitrogens with one attached hydrogen (secondary N) is 1. The Labute approximate surface area is 206 Å². The summed E-state index contributed by atoms with van der Waals surface area (Å²) < 4.78 is 15.0. The number of hydrogen-bond donors (Lipinski definition) is 1. The first-order chi connectivity index (χ1) is 16.4. The monoisotopic (exact) mass is 546 g/mol. The lowest BCUT2D eigenvalue weighted by molar-refractivity contribution is -0.384. The summed E-state index contributed by atoms with van der Waals surface area (Å²) in [5, 5.41) is 21.9. The standard InChI is InChI=1S/C21H16BrClN6O5/c22-14-1-4-17(5-2-14)33-13-28-11-15(10-24-28)25-21(30)19-7-8-27(26-19)12-34-20-6-3-16(29(31)32)9-18(20)23/h1-11H,12-13H2,(H,25,30). The minimum absolute atomic E-state index is 0.0455. The summed E-state index contributed by atoms with van der Waals surface area (Å²) in [5.74, 6) is 0.513. The molecule has 0 aliphatic rings. The number of anilines is 1. The third kappa shape index (κ3) is 5.91. The minimum Gasteiger partial charge on any atom is -0.471 e. The van der Waals surface area contributed by atoms with Gasteiger partial charge in [-0.15, -0.1) is 0 Å². The fourth-order valence-electron chi connectivity index (χ4n) is 2.78. The molecule has 0 saturated carbocycles. The quantitative estimate of drug-likeness (QED) is 0.237. The van der Waals surface area contributed by atoms with Crippen molar-refractivity contribution in [3.05, 3.63) is 92.4 Å². The van der Waals surface area contributed by atoms with E-state index in [0.29, 0.717) is 11.4 Å². The zero-order chi connectivity index (χ0) is 24.1. The lowest BCUT2D eigenvalue weighted by atomic mass is 10.3. The number of carbonyl (C=O) groups excluding carboxylic acids is 1. The first-order valence-corrected chi connectivity index (χ1v) is 10.9. The number of nitro benzene ring substituents is 1. The van der Waals surface area contributed by atoms with Gasteiger partial charge in [-0.05, 0) is 36.4 Å². The van der Waals surface area contributed by atoms with Gasteiger partial charge >= 0.3 is 0 Å². The second kappa shape index (κ2) is 10.4. The lowest BCUT2D eigenvalue weighted by Crippen LogP contribution is -2.14. The van der Waals surface area contributed by atoms with E-state index in [4.69, 9.17) is 21.1 Å². The molecule has 0 aliphatic carbocycles. The number of carbonyl (C=O) groups is 1. The van der Waals surface area contributed by atoms with Crippen LogP contribution in [-0.2, 0) is 13.5 Å². The number of non-ortho nitro benzene ring substituents is 1. The van der Waals surface area contributed by atoms with Crippen LogP contribution in [0.1, 0.15) is 10.5 Å². The molecule has 4 aromatic rings. The highest BCUT2D eigenvalue weighted by molar-refractivity contribution is 9.10. The molecule has 34 heavy (non-hydrogen) atoms. The highest BCUT2D eigenvalue weighted by Crippen LogP contribution is 2.28. The predicted molar refractivity (Wildman–Crippen MR) is 126 cm³/mol. The van der Waals surface area contributed by atoms with Crippen molar-refractivity contribution in [2.24, 2.45) is 0 Å². The third-order valence-corrected chi connectivity index (χ3v) is 5.24. The van der Waals surface area contributed by atoms with E-state index < -0.39 is 10.8 Å². The molecule has 2 aromatic carbocycles. The Morgan fingerprint density at radius 3 is 2.62 bits per heavy atom. The van der Waals surface area contributed by atoms with Crippen LogP contribution in [0, 0.1) is 10.1 Å². The van der Waals surface area contributed by atoms with Crippen LogP contribution in [-0.4, -0.2) is 30.4 Å². The van der Waals surface area contributed by atoms with Crippen LogP contribution in [0.4, 0.5) is 11.4 Å². The summed E-state index contributed by atoms with van der Waals surface area (Å²) in [6, 6.07) is 12.8. The normalized spacial score (nSPS) is 10.6. The fourth-order valence-corrected chi connectivity index (χ4v) is 3.27. The van der Waals surface area contributed by atoms with E-state index in [0.717, 1.165) is 4.47 Å². The summed E-state index contributed by atoms with van der Waals surface area (Å²) in [5.41, 5.74) is 0.503. The first-order valence-electron chi connectivity index (χ1n) is 9.70.